The molecule has 9 aromatic rings. The normalized spacial score (nSPS) is 11.5. The van der Waals surface area contributed by atoms with E-state index in [1.165, 1.54) is 87.6 Å². The van der Waals surface area contributed by atoms with Gasteiger partial charge in [-0.2, -0.15) is 0 Å². The van der Waals surface area contributed by atoms with Crippen molar-refractivity contribution in [2.45, 2.75) is 0 Å². The molecule has 0 fully saturated rings. The van der Waals surface area contributed by atoms with E-state index >= 15 is 0 Å². The molecule has 0 aliphatic rings. The molecule has 0 nitrogen and oxygen atoms in total. The number of benzene rings is 9. The summed E-state index contributed by atoms with van der Waals surface area (Å²) in [4.78, 5) is 0. The van der Waals surface area contributed by atoms with Crippen molar-refractivity contribution in [1.29, 1.82) is 0 Å². The highest BCUT2D eigenvalue weighted by molar-refractivity contribution is 6.29. The Morgan fingerprint density at radius 2 is 0.413 bits per heavy atom. The van der Waals surface area contributed by atoms with Gasteiger partial charge in [0.2, 0.25) is 0 Å². The van der Waals surface area contributed by atoms with Crippen LogP contribution in [0.2, 0.25) is 0 Å². The molecule has 0 radical (unpaired) electrons. The third-order valence-electron chi connectivity index (χ3n) is 9.42. The zero-order chi connectivity index (χ0) is 30.5. The maximum Gasteiger partial charge on any atom is -0.00201 e. The molecule has 0 amide bonds. The highest BCUT2D eigenvalue weighted by Crippen LogP contribution is 2.49. The van der Waals surface area contributed by atoms with Crippen LogP contribution < -0.4 is 0 Å². The van der Waals surface area contributed by atoms with Crippen LogP contribution in [0, 0.1) is 0 Å². The molecule has 0 aromatic heterocycles. The molecule has 9 aromatic carbocycles. The van der Waals surface area contributed by atoms with Gasteiger partial charge in [0.15, 0.2) is 0 Å². The van der Waals surface area contributed by atoms with Crippen molar-refractivity contribution in [3.05, 3.63) is 182 Å². The molecule has 46 heavy (non-hydrogen) atoms. The van der Waals surface area contributed by atoms with E-state index in [1.54, 1.807) is 0 Å². The lowest BCUT2D eigenvalue weighted by Crippen LogP contribution is -1.95. The minimum atomic E-state index is 1.23. The summed E-state index contributed by atoms with van der Waals surface area (Å²) < 4.78 is 0. The van der Waals surface area contributed by atoms with E-state index in [9.17, 15) is 0 Å². The quantitative estimate of drug-likeness (QED) is 0.143. The Balaban J connectivity index is 1.56. The minimum Gasteiger partial charge on any atom is -0.0622 e. The molecular formula is C46H30. The van der Waals surface area contributed by atoms with Gasteiger partial charge in [-0.05, 0) is 99.7 Å². The number of hydrogen-bond acceptors (Lipinski definition) is 0. The van der Waals surface area contributed by atoms with Crippen molar-refractivity contribution in [2.24, 2.45) is 0 Å². The number of hydrogen-bond donors (Lipinski definition) is 0. The molecule has 0 heterocycles. The topological polar surface area (TPSA) is 0 Å². The second kappa shape index (κ2) is 10.9. The molecule has 0 saturated heterocycles. The van der Waals surface area contributed by atoms with Crippen molar-refractivity contribution >= 4 is 43.1 Å². The molecule has 0 unspecified atom stereocenters. The number of fused-ring (bicyclic) bond motifs is 6. The van der Waals surface area contributed by atoms with Crippen molar-refractivity contribution in [3.8, 4) is 44.5 Å². The average Bonchev–Trinajstić information content (AvgIpc) is 3.14. The van der Waals surface area contributed by atoms with Gasteiger partial charge in [-0.3, -0.25) is 0 Å². The minimum absolute atomic E-state index is 1.23. The average molecular weight is 583 g/mol. The first kappa shape index (κ1) is 26.4. The Labute approximate surface area is 268 Å². The first-order valence-corrected chi connectivity index (χ1v) is 16.0. The SMILES string of the molecule is c1ccc(-c2c(-c3ccccc3)c3cc4c(cc3c3ccccc23)c(-c2ccccc2)c(-c2ccccc2)c2ccccc24)cc1. The predicted octanol–water partition coefficient (Wildman–Crippen LogP) is 13.0. The van der Waals surface area contributed by atoms with E-state index < -0.39 is 0 Å². The zero-order valence-corrected chi connectivity index (χ0v) is 25.3. The van der Waals surface area contributed by atoms with Crippen LogP contribution in [-0.2, 0) is 0 Å². The molecule has 0 saturated carbocycles. The fourth-order valence-electron chi connectivity index (χ4n) is 7.49. The van der Waals surface area contributed by atoms with Crippen LogP contribution >= 0.6 is 0 Å². The maximum absolute atomic E-state index is 2.48. The van der Waals surface area contributed by atoms with Crippen LogP contribution in [0.5, 0.6) is 0 Å². The molecule has 0 spiro atoms. The lowest BCUT2D eigenvalue weighted by molar-refractivity contribution is 1.62. The van der Waals surface area contributed by atoms with E-state index in [-0.39, 0.29) is 0 Å². The summed E-state index contributed by atoms with van der Waals surface area (Å²) in [5, 5.41) is 10.2. The zero-order valence-electron chi connectivity index (χ0n) is 25.3. The summed E-state index contributed by atoms with van der Waals surface area (Å²) in [6.45, 7) is 0. The summed E-state index contributed by atoms with van der Waals surface area (Å²) >= 11 is 0. The van der Waals surface area contributed by atoms with E-state index in [0.29, 0.717) is 0 Å². The van der Waals surface area contributed by atoms with Gasteiger partial charge in [0, 0.05) is 0 Å². The van der Waals surface area contributed by atoms with Gasteiger partial charge in [-0.1, -0.05) is 170 Å². The maximum atomic E-state index is 2.48. The number of rotatable bonds is 4. The fraction of sp³-hybridized carbons (Fsp3) is 0. The molecule has 0 aliphatic carbocycles. The van der Waals surface area contributed by atoms with Crippen molar-refractivity contribution in [3.63, 3.8) is 0 Å². The summed E-state index contributed by atoms with van der Waals surface area (Å²) in [5.74, 6) is 0. The lowest BCUT2D eigenvalue weighted by Gasteiger charge is -2.22. The Morgan fingerprint density at radius 1 is 0.174 bits per heavy atom. The second-order valence-corrected chi connectivity index (χ2v) is 12.0. The summed E-state index contributed by atoms with van der Waals surface area (Å²) in [7, 11) is 0. The van der Waals surface area contributed by atoms with Crippen LogP contribution in [0.3, 0.4) is 0 Å². The molecule has 0 aliphatic heterocycles. The summed E-state index contributed by atoms with van der Waals surface area (Å²) in [5.41, 5.74) is 10.0. The smallest absolute Gasteiger partial charge is 0.00201 e. The van der Waals surface area contributed by atoms with E-state index in [4.69, 9.17) is 0 Å². The monoisotopic (exact) mass is 582 g/mol. The first-order valence-electron chi connectivity index (χ1n) is 16.0. The van der Waals surface area contributed by atoms with E-state index in [1.807, 2.05) is 0 Å². The Morgan fingerprint density at radius 3 is 0.717 bits per heavy atom. The predicted molar refractivity (Wildman–Crippen MR) is 198 cm³/mol. The highest BCUT2D eigenvalue weighted by Gasteiger charge is 2.22. The van der Waals surface area contributed by atoms with Crippen LogP contribution in [0.1, 0.15) is 0 Å². The van der Waals surface area contributed by atoms with Gasteiger partial charge >= 0.3 is 0 Å². The molecule has 0 N–H and O–H groups in total. The van der Waals surface area contributed by atoms with Crippen LogP contribution in [0.4, 0.5) is 0 Å². The van der Waals surface area contributed by atoms with Gasteiger partial charge in [-0.15, -0.1) is 0 Å². The molecule has 9 rings (SSSR count). The summed E-state index contributed by atoms with van der Waals surface area (Å²) in [6, 6.07) is 66.5. The van der Waals surface area contributed by atoms with Gasteiger partial charge < -0.3 is 0 Å². The molecule has 0 heteroatoms. The molecular weight excluding hydrogens is 553 g/mol. The largest absolute Gasteiger partial charge is 0.0622 e. The van der Waals surface area contributed by atoms with Gasteiger partial charge in [-0.25, -0.2) is 0 Å². The van der Waals surface area contributed by atoms with Gasteiger partial charge in [0.05, 0.1) is 0 Å². The Bertz CT molecular complexity index is 2350. The van der Waals surface area contributed by atoms with Crippen LogP contribution in [0.15, 0.2) is 182 Å². The van der Waals surface area contributed by atoms with E-state index in [2.05, 4.69) is 182 Å². The fourth-order valence-corrected chi connectivity index (χ4v) is 7.49. The van der Waals surface area contributed by atoms with Crippen molar-refractivity contribution in [1.82, 2.24) is 0 Å². The first-order chi connectivity index (χ1) is 22.9. The van der Waals surface area contributed by atoms with E-state index in [0.717, 1.165) is 0 Å². The lowest BCUT2D eigenvalue weighted by atomic mass is 9.81. The third-order valence-corrected chi connectivity index (χ3v) is 9.42. The van der Waals surface area contributed by atoms with Crippen LogP contribution in [0.25, 0.3) is 87.6 Å². The molecule has 214 valence electrons. The third kappa shape index (κ3) is 4.15. The molecule has 0 bridgehead atoms. The van der Waals surface area contributed by atoms with Gasteiger partial charge in [0.1, 0.15) is 0 Å². The second-order valence-electron chi connectivity index (χ2n) is 12.0. The van der Waals surface area contributed by atoms with Gasteiger partial charge in [0.25, 0.3) is 0 Å². The Kier molecular flexibility index (Phi) is 6.25. The van der Waals surface area contributed by atoms with Crippen LogP contribution in [-0.4, -0.2) is 0 Å². The summed E-state index contributed by atoms with van der Waals surface area (Å²) in [6.07, 6.45) is 0. The Hall–Kier alpha value is -5.98. The van der Waals surface area contributed by atoms with Crippen molar-refractivity contribution < 1.29 is 0 Å². The van der Waals surface area contributed by atoms with Crippen molar-refractivity contribution in [2.75, 3.05) is 0 Å². The standard InChI is InChI=1S/C46H30/c1-5-17-31(18-6-1)43-37-27-15-13-25-35(37)39-30-42-40(29-41(39)45(43)33-21-9-3-10-22-33)36-26-14-16-28-38(36)44(32-19-7-2-8-20-32)46(42)34-23-11-4-12-24-34/h1-30H. The molecule has 0 atom stereocenters. The highest BCUT2D eigenvalue weighted by atomic mass is 14.2.